The Morgan fingerprint density at radius 3 is 2.50 bits per heavy atom. The smallest absolute Gasteiger partial charge is 0.253 e. The van der Waals surface area contributed by atoms with E-state index in [1.807, 2.05) is 24.1 Å². The molecule has 3 aliphatic heterocycles. The van der Waals surface area contributed by atoms with Crippen molar-refractivity contribution in [3.63, 3.8) is 0 Å². The summed E-state index contributed by atoms with van der Waals surface area (Å²) in [6, 6.07) is 5.95. The maximum Gasteiger partial charge on any atom is 0.253 e. The van der Waals surface area contributed by atoms with Gasteiger partial charge in [-0.15, -0.1) is 0 Å². The van der Waals surface area contributed by atoms with Gasteiger partial charge in [0.1, 0.15) is 11.4 Å². The van der Waals surface area contributed by atoms with Gasteiger partial charge in [-0.2, -0.15) is 4.98 Å². The molecular weight excluding hydrogens is 484 g/mol. The highest BCUT2D eigenvalue weighted by atomic mass is 16.5. The fraction of sp³-hybridized carbons (Fsp3) is 0.481. The van der Waals surface area contributed by atoms with E-state index in [0.29, 0.717) is 40.5 Å². The number of piperidine rings is 1. The first kappa shape index (κ1) is 25.9. The number of piperazine rings is 1. The monoisotopic (exact) mass is 520 g/mol. The number of carbonyl (C=O) groups is 2. The zero-order valence-electron chi connectivity index (χ0n) is 22.6. The van der Waals surface area contributed by atoms with Crippen molar-refractivity contribution in [2.24, 2.45) is 0 Å². The number of likely N-dealkylation sites (tertiary alicyclic amines) is 1. The van der Waals surface area contributed by atoms with E-state index in [9.17, 15) is 9.59 Å². The molecule has 0 bridgehead atoms. The number of ether oxygens (including phenoxy) is 1. The summed E-state index contributed by atoms with van der Waals surface area (Å²) < 4.78 is 5.61. The fourth-order valence-electron chi connectivity index (χ4n) is 5.25. The van der Waals surface area contributed by atoms with Gasteiger partial charge >= 0.3 is 0 Å². The number of likely N-dealkylation sites (N-methyl/N-ethyl adjacent to an activating group) is 2. The molecule has 11 nitrogen and oxygen atoms in total. The van der Waals surface area contributed by atoms with Crippen LogP contribution in [0.3, 0.4) is 0 Å². The van der Waals surface area contributed by atoms with Crippen molar-refractivity contribution in [2.75, 3.05) is 82.6 Å². The van der Waals surface area contributed by atoms with Crippen LogP contribution in [0, 0.1) is 0 Å². The lowest BCUT2D eigenvalue weighted by Crippen LogP contribution is -2.52. The van der Waals surface area contributed by atoms with E-state index in [2.05, 4.69) is 32.1 Å². The molecule has 0 saturated carbocycles. The molecular formula is C27H36N8O3. The second kappa shape index (κ2) is 11.0. The number of benzene rings is 1. The second-order valence-corrected chi connectivity index (χ2v) is 10.1. The molecule has 3 aliphatic rings. The standard InChI is InChI=1S/C27H36N8O3/c1-31-13-15-34(16-14-31)20-7-11-35(12-8-20)26(37)19-5-6-21(23(17-19)38-4)29-27-28-18-22-25(30-27)32(2)10-9-24(36)33(22)3/h5-6,9-10,17-18,20H,7-8,11-16H2,1-4H3,(H,28,29,30). The van der Waals surface area contributed by atoms with Crippen LogP contribution in [0.25, 0.3) is 0 Å². The van der Waals surface area contributed by atoms with Gasteiger partial charge in [-0.1, -0.05) is 0 Å². The number of carbonyl (C=O) groups excluding carboxylic acids is 2. The number of nitrogens with zero attached hydrogens (tertiary/aromatic N) is 7. The lowest BCUT2D eigenvalue weighted by atomic mass is 10.0. The number of hydrogen-bond acceptors (Lipinski definition) is 9. The summed E-state index contributed by atoms with van der Waals surface area (Å²) in [7, 11) is 7.27. The zero-order valence-corrected chi connectivity index (χ0v) is 22.6. The van der Waals surface area contributed by atoms with E-state index in [4.69, 9.17) is 4.74 Å². The Morgan fingerprint density at radius 2 is 1.79 bits per heavy atom. The number of methoxy groups -OCH3 is 1. The van der Waals surface area contributed by atoms with Crippen LogP contribution in [-0.4, -0.2) is 110 Å². The summed E-state index contributed by atoms with van der Waals surface area (Å²) in [6.07, 6.45) is 6.79. The van der Waals surface area contributed by atoms with Gasteiger partial charge in [-0.3, -0.25) is 14.5 Å². The molecule has 38 heavy (non-hydrogen) atoms. The lowest BCUT2D eigenvalue weighted by Gasteiger charge is -2.42. The summed E-state index contributed by atoms with van der Waals surface area (Å²) in [5, 5.41) is 3.20. The van der Waals surface area contributed by atoms with Crippen molar-refractivity contribution >= 4 is 35.0 Å². The zero-order chi connectivity index (χ0) is 26.8. The van der Waals surface area contributed by atoms with Crippen molar-refractivity contribution in [1.82, 2.24) is 24.7 Å². The van der Waals surface area contributed by atoms with Crippen molar-refractivity contribution in [3.8, 4) is 5.75 Å². The Labute approximate surface area is 223 Å². The molecule has 0 aliphatic carbocycles. The number of anilines is 4. The first-order valence-corrected chi connectivity index (χ1v) is 13.1. The van der Waals surface area contributed by atoms with Crippen LogP contribution in [0.1, 0.15) is 23.2 Å². The molecule has 202 valence electrons. The maximum absolute atomic E-state index is 13.3. The van der Waals surface area contributed by atoms with Crippen LogP contribution in [0.2, 0.25) is 0 Å². The highest BCUT2D eigenvalue weighted by Crippen LogP contribution is 2.32. The molecule has 0 unspecified atom stereocenters. The molecule has 1 N–H and O–H groups in total. The van der Waals surface area contributed by atoms with Crippen LogP contribution in [0.5, 0.6) is 5.75 Å². The van der Waals surface area contributed by atoms with E-state index in [1.54, 1.807) is 37.5 Å². The van der Waals surface area contributed by atoms with Gasteiger partial charge in [0, 0.05) is 77.2 Å². The van der Waals surface area contributed by atoms with E-state index < -0.39 is 0 Å². The van der Waals surface area contributed by atoms with Crippen LogP contribution >= 0.6 is 0 Å². The van der Waals surface area contributed by atoms with E-state index in [0.717, 1.165) is 52.1 Å². The SMILES string of the molecule is COc1cc(C(=O)N2CCC(N3CCN(C)CC3)CC2)ccc1Nc1ncc2c(n1)N(C)C=CC(=O)N2C. The molecule has 0 spiro atoms. The van der Waals surface area contributed by atoms with E-state index >= 15 is 0 Å². The first-order chi connectivity index (χ1) is 18.3. The molecule has 11 heteroatoms. The van der Waals surface area contributed by atoms with Crippen LogP contribution in [0.15, 0.2) is 36.7 Å². The van der Waals surface area contributed by atoms with Gasteiger partial charge in [0.2, 0.25) is 5.95 Å². The van der Waals surface area contributed by atoms with Crippen LogP contribution < -0.4 is 19.9 Å². The average molecular weight is 521 g/mol. The largest absolute Gasteiger partial charge is 0.495 e. The minimum Gasteiger partial charge on any atom is -0.495 e. The topological polar surface area (TPSA) is 97.4 Å². The number of aromatic nitrogens is 2. The Kier molecular flexibility index (Phi) is 7.48. The summed E-state index contributed by atoms with van der Waals surface area (Å²) in [4.78, 5) is 44.7. The molecule has 2 fully saturated rings. The number of fused-ring (bicyclic) bond motifs is 1. The number of rotatable bonds is 5. The van der Waals surface area contributed by atoms with Gasteiger partial charge in [0.05, 0.1) is 19.0 Å². The van der Waals surface area contributed by atoms with Crippen molar-refractivity contribution in [3.05, 3.63) is 42.2 Å². The third-order valence-electron chi connectivity index (χ3n) is 7.72. The summed E-state index contributed by atoms with van der Waals surface area (Å²) in [6.45, 7) is 5.97. The average Bonchev–Trinajstić information content (AvgIpc) is 3.05. The first-order valence-electron chi connectivity index (χ1n) is 13.1. The number of amides is 2. The predicted molar refractivity (Wildman–Crippen MR) is 147 cm³/mol. The van der Waals surface area contributed by atoms with Crippen LogP contribution in [-0.2, 0) is 4.79 Å². The fourth-order valence-corrected chi connectivity index (χ4v) is 5.25. The Bertz CT molecular complexity index is 1220. The summed E-state index contributed by atoms with van der Waals surface area (Å²) in [5.41, 5.74) is 1.85. The van der Waals surface area contributed by atoms with E-state index in [-0.39, 0.29) is 11.8 Å². The quantitative estimate of drug-likeness (QED) is 0.635. The summed E-state index contributed by atoms with van der Waals surface area (Å²) in [5.74, 6) is 1.36. The van der Waals surface area contributed by atoms with Gasteiger partial charge in [0.15, 0.2) is 5.82 Å². The molecule has 1 aromatic carbocycles. The maximum atomic E-state index is 13.3. The normalized spacial score (nSPS) is 19.4. The molecule has 2 aromatic rings. The second-order valence-electron chi connectivity index (χ2n) is 10.1. The number of hydrogen-bond donors (Lipinski definition) is 1. The van der Waals surface area contributed by atoms with Gasteiger partial charge in [0.25, 0.3) is 11.8 Å². The van der Waals surface area contributed by atoms with Gasteiger partial charge in [-0.05, 0) is 38.1 Å². The highest BCUT2D eigenvalue weighted by molar-refractivity contribution is 6.04. The minimum atomic E-state index is -0.148. The summed E-state index contributed by atoms with van der Waals surface area (Å²) >= 11 is 0. The Balaban J connectivity index is 1.26. The third kappa shape index (κ3) is 5.30. The van der Waals surface area contributed by atoms with Crippen LogP contribution in [0.4, 0.5) is 23.1 Å². The Hall–Kier alpha value is -3.70. The minimum absolute atomic E-state index is 0.0223. The lowest BCUT2D eigenvalue weighted by molar-refractivity contribution is -0.113. The van der Waals surface area contributed by atoms with Crippen molar-refractivity contribution in [1.29, 1.82) is 0 Å². The molecule has 0 atom stereocenters. The highest BCUT2D eigenvalue weighted by Gasteiger charge is 2.29. The van der Waals surface area contributed by atoms with E-state index in [1.165, 1.54) is 11.0 Å². The molecule has 0 radical (unpaired) electrons. The van der Waals surface area contributed by atoms with Gasteiger partial charge < -0.3 is 29.7 Å². The third-order valence-corrected chi connectivity index (χ3v) is 7.72. The predicted octanol–water partition coefficient (Wildman–Crippen LogP) is 2.01. The molecule has 5 rings (SSSR count). The Morgan fingerprint density at radius 1 is 1.05 bits per heavy atom. The van der Waals surface area contributed by atoms with Crippen molar-refractivity contribution in [2.45, 2.75) is 18.9 Å². The molecule has 2 saturated heterocycles. The molecule has 2 amide bonds. The number of nitrogens with one attached hydrogen (secondary N) is 1. The molecule has 4 heterocycles. The van der Waals surface area contributed by atoms with Crippen molar-refractivity contribution < 1.29 is 14.3 Å². The molecule has 1 aromatic heterocycles. The van der Waals surface area contributed by atoms with Gasteiger partial charge in [-0.25, -0.2) is 4.98 Å².